The van der Waals surface area contributed by atoms with Gasteiger partial charge in [-0.3, -0.25) is 19.7 Å². The Labute approximate surface area is 175 Å². The van der Waals surface area contributed by atoms with Gasteiger partial charge in [-0.1, -0.05) is 6.07 Å². The van der Waals surface area contributed by atoms with Crippen molar-refractivity contribution in [1.29, 1.82) is 0 Å². The van der Waals surface area contributed by atoms with Crippen LogP contribution >= 0.6 is 0 Å². The molecule has 1 aliphatic rings. The zero-order valence-electron chi connectivity index (χ0n) is 17.1. The van der Waals surface area contributed by atoms with E-state index in [0.29, 0.717) is 43.1 Å². The van der Waals surface area contributed by atoms with E-state index < -0.39 is 0 Å². The number of pyridine rings is 1. The van der Waals surface area contributed by atoms with Crippen molar-refractivity contribution in [2.75, 3.05) is 45.2 Å². The van der Waals surface area contributed by atoms with Gasteiger partial charge in [0.2, 0.25) is 0 Å². The van der Waals surface area contributed by atoms with Crippen molar-refractivity contribution >= 4 is 17.5 Å². The molecule has 30 heavy (non-hydrogen) atoms. The lowest BCUT2D eigenvalue weighted by Crippen LogP contribution is -2.50. The second-order valence-corrected chi connectivity index (χ2v) is 7.43. The topological polar surface area (TPSA) is 85.4 Å². The Hall–Kier alpha value is -3.68. The molecule has 0 atom stereocenters. The van der Waals surface area contributed by atoms with Crippen molar-refractivity contribution in [2.24, 2.45) is 0 Å². The number of aromatic nitrogens is 3. The third-order valence-corrected chi connectivity index (χ3v) is 5.25. The van der Waals surface area contributed by atoms with Gasteiger partial charge in [0.15, 0.2) is 0 Å². The molecule has 1 fully saturated rings. The number of anilines is 1. The van der Waals surface area contributed by atoms with E-state index >= 15 is 0 Å². The molecule has 1 N–H and O–H groups in total. The average molecular weight is 404 g/mol. The van der Waals surface area contributed by atoms with E-state index in [1.54, 1.807) is 28.3 Å². The van der Waals surface area contributed by atoms with Gasteiger partial charge in [-0.25, -0.2) is 0 Å². The zero-order chi connectivity index (χ0) is 21.1. The number of hydrogen-bond acceptors (Lipinski definition) is 5. The number of hydrogen-bond donors (Lipinski definition) is 1. The van der Waals surface area contributed by atoms with Gasteiger partial charge in [0.1, 0.15) is 5.69 Å². The lowest BCUT2D eigenvalue weighted by molar-refractivity contribution is 0.0532. The van der Waals surface area contributed by atoms with Crippen molar-refractivity contribution in [2.45, 2.75) is 0 Å². The number of benzene rings is 1. The van der Waals surface area contributed by atoms with Crippen LogP contribution < -0.4 is 4.90 Å². The summed E-state index contributed by atoms with van der Waals surface area (Å²) in [6, 6.07) is 13.0. The summed E-state index contributed by atoms with van der Waals surface area (Å²) in [6.45, 7) is 1.98. The number of amides is 2. The fourth-order valence-corrected chi connectivity index (χ4v) is 3.48. The van der Waals surface area contributed by atoms with Gasteiger partial charge in [0, 0.05) is 69.5 Å². The summed E-state index contributed by atoms with van der Waals surface area (Å²) in [7, 11) is 3.90. The Kier molecular flexibility index (Phi) is 5.47. The van der Waals surface area contributed by atoms with E-state index in [-0.39, 0.29) is 11.8 Å². The highest BCUT2D eigenvalue weighted by atomic mass is 16.2. The molecular weight excluding hydrogens is 380 g/mol. The quantitative estimate of drug-likeness (QED) is 0.720. The number of nitrogens with zero attached hydrogens (tertiary/aromatic N) is 5. The maximum absolute atomic E-state index is 12.9. The standard InChI is InChI=1S/C22H24N6O2/c1-26(2)18-5-3-4-17(14-18)21(29)27-10-12-28(13-11-27)22(30)20-15-19(24-25-20)16-6-8-23-9-7-16/h3-9,14-15H,10-13H2,1-2H3,(H,24,25). The third kappa shape index (κ3) is 4.03. The molecule has 1 saturated heterocycles. The summed E-state index contributed by atoms with van der Waals surface area (Å²) in [4.78, 5) is 35.2. The molecule has 8 nitrogen and oxygen atoms in total. The van der Waals surface area contributed by atoms with Crippen LogP contribution in [0.5, 0.6) is 0 Å². The second kappa shape index (κ2) is 8.36. The van der Waals surface area contributed by atoms with Crippen LogP contribution in [0.2, 0.25) is 0 Å². The molecule has 8 heteroatoms. The summed E-state index contributed by atoms with van der Waals surface area (Å²) < 4.78 is 0. The minimum Gasteiger partial charge on any atom is -0.378 e. The van der Waals surface area contributed by atoms with E-state index in [1.807, 2.05) is 55.4 Å². The minimum absolute atomic E-state index is 0.00712. The Bertz CT molecular complexity index is 1040. The van der Waals surface area contributed by atoms with E-state index in [9.17, 15) is 9.59 Å². The highest BCUT2D eigenvalue weighted by molar-refractivity contribution is 5.96. The van der Waals surface area contributed by atoms with Crippen molar-refractivity contribution < 1.29 is 9.59 Å². The lowest BCUT2D eigenvalue weighted by Gasteiger charge is -2.34. The Morgan fingerprint density at radius 2 is 1.60 bits per heavy atom. The molecule has 0 unspecified atom stereocenters. The molecule has 4 rings (SSSR count). The molecule has 3 aromatic rings. The summed E-state index contributed by atoms with van der Waals surface area (Å²) in [5.74, 6) is -0.114. The maximum atomic E-state index is 12.9. The van der Waals surface area contributed by atoms with Crippen molar-refractivity contribution in [3.63, 3.8) is 0 Å². The molecular formula is C22H24N6O2. The Morgan fingerprint density at radius 3 is 2.27 bits per heavy atom. The summed E-state index contributed by atoms with van der Waals surface area (Å²) >= 11 is 0. The lowest BCUT2D eigenvalue weighted by atomic mass is 10.1. The first-order valence-corrected chi connectivity index (χ1v) is 9.84. The SMILES string of the molecule is CN(C)c1cccc(C(=O)N2CCN(C(=O)c3cc(-c4ccncc4)n[nH]3)CC2)c1. The van der Waals surface area contributed by atoms with Crippen LogP contribution in [-0.2, 0) is 0 Å². The maximum Gasteiger partial charge on any atom is 0.272 e. The minimum atomic E-state index is -0.107. The van der Waals surface area contributed by atoms with Crippen LogP contribution in [0.4, 0.5) is 5.69 Å². The monoisotopic (exact) mass is 404 g/mol. The number of H-pyrrole nitrogens is 1. The van der Waals surface area contributed by atoms with E-state index in [4.69, 9.17) is 0 Å². The number of piperazine rings is 1. The molecule has 2 amide bonds. The van der Waals surface area contributed by atoms with Crippen molar-refractivity contribution in [3.8, 4) is 11.3 Å². The third-order valence-electron chi connectivity index (χ3n) is 5.25. The average Bonchev–Trinajstić information content (AvgIpc) is 3.29. The van der Waals surface area contributed by atoms with Gasteiger partial charge in [0.05, 0.1) is 5.69 Å². The normalized spacial score (nSPS) is 13.9. The van der Waals surface area contributed by atoms with Gasteiger partial charge >= 0.3 is 0 Å². The van der Waals surface area contributed by atoms with E-state index in [2.05, 4.69) is 15.2 Å². The Balaban J connectivity index is 1.39. The number of carbonyl (C=O) groups excluding carboxylic acids is 2. The van der Waals surface area contributed by atoms with Crippen molar-refractivity contribution in [3.05, 3.63) is 66.1 Å². The van der Waals surface area contributed by atoms with Gasteiger partial charge in [-0.05, 0) is 36.4 Å². The predicted molar refractivity (Wildman–Crippen MR) is 114 cm³/mol. The van der Waals surface area contributed by atoms with Gasteiger partial charge in [-0.15, -0.1) is 0 Å². The summed E-state index contributed by atoms with van der Waals surface area (Å²) in [6.07, 6.45) is 3.38. The van der Waals surface area contributed by atoms with Crippen LogP contribution in [0.15, 0.2) is 54.9 Å². The fourth-order valence-electron chi connectivity index (χ4n) is 3.48. The van der Waals surface area contributed by atoms with Crippen LogP contribution in [0, 0.1) is 0 Å². The second-order valence-electron chi connectivity index (χ2n) is 7.43. The van der Waals surface area contributed by atoms with Gasteiger partial charge < -0.3 is 14.7 Å². The summed E-state index contributed by atoms with van der Waals surface area (Å²) in [5.41, 5.74) is 3.70. The van der Waals surface area contributed by atoms with Crippen LogP contribution in [-0.4, -0.2) is 77.1 Å². The molecule has 2 aromatic heterocycles. The van der Waals surface area contributed by atoms with Crippen LogP contribution in [0.3, 0.4) is 0 Å². The van der Waals surface area contributed by atoms with Crippen LogP contribution in [0.25, 0.3) is 11.3 Å². The molecule has 1 aliphatic heterocycles. The summed E-state index contributed by atoms with van der Waals surface area (Å²) in [5, 5.41) is 7.07. The van der Waals surface area contributed by atoms with Gasteiger partial charge in [0.25, 0.3) is 11.8 Å². The molecule has 3 heterocycles. The molecule has 0 radical (unpaired) electrons. The molecule has 1 aromatic carbocycles. The number of aromatic amines is 1. The van der Waals surface area contributed by atoms with Crippen LogP contribution in [0.1, 0.15) is 20.8 Å². The molecule has 0 bridgehead atoms. The molecule has 0 spiro atoms. The Morgan fingerprint density at radius 1 is 0.933 bits per heavy atom. The molecule has 0 aliphatic carbocycles. The first-order valence-electron chi connectivity index (χ1n) is 9.84. The zero-order valence-corrected chi connectivity index (χ0v) is 17.1. The first kappa shape index (κ1) is 19.6. The van der Waals surface area contributed by atoms with E-state index in [1.165, 1.54) is 0 Å². The number of nitrogens with one attached hydrogen (secondary N) is 1. The predicted octanol–water partition coefficient (Wildman–Crippen LogP) is 2.14. The van der Waals surface area contributed by atoms with Crippen molar-refractivity contribution in [1.82, 2.24) is 25.0 Å². The molecule has 154 valence electrons. The van der Waals surface area contributed by atoms with Gasteiger partial charge in [-0.2, -0.15) is 5.10 Å². The highest BCUT2D eigenvalue weighted by Gasteiger charge is 2.26. The largest absolute Gasteiger partial charge is 0.378 e. The smallest absolute Gasteiger partial charge is 0.272 e. The van der Waals surface area contributed by atoms with E-state index in [0.717, 1.165) is 11.3 Å². The number of rotatable bonds is 4. The molecule has 0 saturated carbocycles. The number of carbonyl (C=O) groups is 2. The first-order chi connectivity index (χ1) is 14.5. The highest BCUT2D eigenvalue weighted by Crippen LogP contribution is 2.19. The fraction of sp³-hybridized carbons (Fsp3) is 0.273.